The lowest BCUT2D eigenvalue weighted by Gasteiger charge is -1.99. The zero-order chi connectivity index (χ0) is 5.91. The van der Waals surface area contributed by atoms with Crippen molar-refractivity contribution in [2.75, 3.05) is 6.16 Å². The van der Waals surface area contributed by atoms with Gasteiger partial charge in [-0.3, -0.25) is 0 Å². The molecule has 1 nitrogen and oxygen atoms in total. The van der Waals surface area contributed by atoms with E-state index in [-0.39, 0.29) is 0 Å². The first-order valence-electron chi connectivity index (χ1n) is 1.72. The highest BCUT2D eigenvalue weighted by molar-refractivity contribution is 8.61. The van der Waals surface area contributed by atoms with E-state index >= 15 is 0 Å². The van der Waals surface area contributed by atoms with Gasteiger partial charge in [0.1, 0.15) is 5.47 Å². The van der Waals surface area contributed by atoms with Crippen molar-refractivity contribution in [2.24, 2.45) is 0 Å². The van der Waals surface area contributed by atoms with Gasteiger partial charge in [-0.15, -0.1) is 18.8 Å². The van der Waals surface area contributed by atoms with E-state index in [0.717, 1.165) is 0 Å². The molecule has 4 heteroatoms. The van der Waals surface area contributed by atoms with Crippen LogP contribution in [0.1, 0.15) is 0 Å². The minimum Gasteiger partial charge on any atom is -0.357 e. The Morgan fingerprint density at radius 2 is 2.43 bits per heavy atom. The van der Waals surface area contributed by atoms with Crippen LogP contribution in [-0.4, -0.2) is 11.1 Å². The zero-order valence-electron chi connectivity index (χ0n) is 3.74. The zero-order valence-corrected chi connectivity index (χ0v) is 6.35. The Labute approximate surface area is 53.7 Å². The van der Waals surface area contributed by atoms with E-state index < -0.39 is 5.47 Å². The smallest absolute Gasteiger partial charge is 0.117 e. The summed E-state index contributed by atoms with van der Waals surface area (Å²) in [5, 5.41) is 0. The van der Waals surface area contributed by atoms with Crippen molar-refractivity contribution in [3.8, 4) is 0 Å². The molecule has 1 N–H and O–H groups in total. The minimum atomic E-state index is -2.26. The highest BCUT2D eigenvalue weighted by Gasteiger charge is 1.98. The summed E-state index contributed by atoms with van der Waals surface area (Å²) in [6.07, 6.45) is 2.03. The number of hydrogen-bond acceptors (Lipinski definition) is 1. The number of hydrogen-bond donors (Lipinski definition) is 2. The number of thiol groups is 1. The molecule has 0 aromatic carbocycles. The van der Waals surface area contributed by atoms with Crippen LogP contribution < -0.4 is 0 Å². The van der Waals surface area contributed by atoms with Crippen molar-refractivity contribution >= 4 is 29.5 Å². The summed E-state index contributed by atoms with van der Waals surface area (Å²) in [7, 11) is 0. The van der Waals surface area contributed by atoms with Crippen molar-refractivity contribution in [1.29, 1.82) is 0 Å². The second-order valence-electron chi connectivity index (χ2n) is 1.14. The van der Waals surface area contributed by atoms with Crippen LogP contribution in [0.2, 0.25) is 0 Å². The molecular formula is C3H7OPS2. The highest BCUT2D eigenvalue weighted by atomic mass is 32.9. The van der Waals surface area contributed by atoms with Gasteiger partial charge in [0.05, 0.1) is 0 Å². The predicted octanol–water partition coefficient (Wildman–Crippen LogP) is 1.40. The average Bonchev–Trinajstić information content (AvgIpc) is 1.30. The van der Waals surface area contributed by atoms with Gasteiger partial charge < -0.3 is 4.89 Å². The van der Waals surface area contributed by atoms with Crippen molar-refractivity contribution < 1.29 is 4.89 Å². The van der Waals surface area contributed by atoms with E-state index in [4.69, 9.17) is 4.89 Å². The van der Waals surface area contributed by atoms with Crippen LogP contribution >= 0.6 is 17.7 Å². The van der Waals surface area contributed by atoms with Gasteiger partial charge in [0.15, 0.2) is 0 Å². The van der Waals surface area contributed by atoms with Gasteiger partial charge in [-0.2, -0.15) is 0 Å². The van der Waals surface area contributed by atoms with Crippen molar-refractivity contribution in [1.82, 2.24) is 0 Å². The van der Waals surface area contributed by atoms with Gasteiger partial charge in [0.2, 0.25) is 0 Å². The fraction of sp³-hybridized carbons (Fsp3) is 0.333. The lowest BCUT2D eigenvalue weighted by molar-refractivity contribution is 0.642. The van der Waals surface area contributed by atoms with E-state index in [0.29, 0.717) is 6.16 Å². The SMILES string of the molecule is C=CCP(O)(=S)S. The lowest BCUT2D eigenvalue weighted by atomic mass is 10.8. The monoisotopic (exact) mass is 154 g/mol. The quantitative estimate of drug-likeness (QED) is 0.356. The van der Waals surface area contributed by atoms with E-state index in [9.17, 15) is 0 Å². The third kappa shape index (κ3) is 6.70. The molecule has 0 rings (SSSR count). The summed E-state index contributed by atoms with van der Waals surface area (Å²) >= 11 is 8.29. The fourth-order valence-corrected chi connectivity index (χ4v) is 1.17. The van der Waals surface area contributed by atoms with Gasteiger partial charge in [-0.1, -0.05) is 17.9 Å². The van der Waals surface area contributed by atoms with Crippen LogP contribution in [-0.2, 0) is 11.8 Å². The Morgan fingerprint density at radius 1 is 2.00 bits per heavy atom. The Hall–Kier alpha value is 0.700. The molecule has 7 heavy (non-hydrogen) atoms. The van der Waals surface area contributed by atoms with Gasteiger partial charge >= 0.3 is 0 Å². The molecule has 42 valence electrons. The van der Waals surface area contributed by atoms with E-state index in [1.165, 1.54) is 0 Å². The summed E-state index contributed by atoms with van der Waals surface area (Å²) in [5.74, 6) is 0. The van der Waals surface area contributed by atoms with Crippen LogP contribution in [0.25, 0.3) is 0 Å². The Kier molecular flexibility index (Phi) is 3.16. The van der Waals surface area contributed by atoms with E-state index in [1.54, 1.807) is 6.08 Å². The summed E-state index contributed by atoms with van der Waals surface area (Å²) in [6, 6.07) is 0. The fourth-order valence-electron chi connectivity index (χ4n) is 0.168. The van der Waals surface area contributed by atoms with Gasteiger partial charge in [-0.25, -0.2) is 0 Å². The van der Waals surface area contributed by atoms with Crippen LogP contribution in [0, 0.1) is 0 Å². The second-order valence-corrected chi connectivity index (χ2v) is 7.44. The molecule has 0 spiro atoms. The van der Waals surface area contributed by atoms with Crippen LogP contribution in [0.4, 0.5) is 0 Å². The molecule has 0 aliphatic rings. The summed E-state index contributed by atoms with van der Waals surface area (Å²) in [6.45, 7) is 3.40. The molecule has 1 atom stereocenters. The normalized spacial score (nSPS) is 18.0. The molecule has 1 unspecified atom stereocenters. The largest absolute Gasteiger partial charge is 0.357 e. The molecular weight excluding hydrogens is 147 g/mol. The Morgan fingerprint density at radius 3 is 2.43 bits per heavy atom. The highest BCUT2D eigenvalue weighted by Crippen LogP contribution is 2.45. The molecule has 0 aliphatic carbocycles. The maximum atomic E-state index is 8.74. The van der Waals surface area contributed by atoms with Crippen LogP contribution in [0.15, 0.2) is 12.7 Å². The van der Waals surface area contributed by atoms with Gasteiger partial charge in [0, 0.05) is 6.16 Å². The minimum absolute atomic E-state index is 0.450. The summed E-state index contributed by atoms with van der Waals surface area (Å²) in [5.41, 5.74) is -2.26. The Balaban J connectivity index is 3.57. The molecule has 0 amide bonds. The van der Waals surface area contributed by atoms with Gasteiger partial charge in [-0.05, 0) is 0 Å². The van der Waals surface area contributed by atoms with E-state index in [1.807, 2.05) is 0 Å². The standard InChI is InChI=1S/C3H7OPS2/c1-2-3-5(4,6)7/h2H,1,3H2,(H2,4,6,7). The van der Waals surface area contributed by atoms with Crippen LogP contribution in [0.5, 0.6) is 0 Å². The lowest BCUT2D eigenvalue weighted by Crippen LogP contribution is -1.70. The van der Waals surface area contributed by atoms with Crippen molar-refractivity contribution in [3.05, 3.63) is 12.7 Å². The summed E-state index contributed by atoms with van der Waals surface area (Å²) in [4.78, 5) is 8.74. The van der Waals surface area contributed by atoms with Gasteiger partial charge in [0.25, 0.3) is 0 Å². The molecule has 0 fully saturated rings. The molecule has 0 aromatic rings. The molecule has 0 saturated heterocycles. The topological polar surface area (TPSA) is 20.2 Å². The average molecular weight is 154 g/mol. The first-order chi connectivity index (χ1) is 3.06. The molecule has 0 bridgehead atoms. The second kappa shape index (κ2) is 2.88. The van der Waals surface area contributed by atoms with Crippen molar-refractivity contribution in [2.45, 2.75) is 0 Å². The molecule has 0 aromatic heterocycles. The molecule has 0 aliphatic heterocycles. The first kappa shape index (κ1) is 7.70. The maximum absolute atomic E-state index is 8.74. The summed E-state index contributed by atoms with van der Waals surface area (Å²) < 4.78 is 0. The third-order valence-electron chi connectivity index (χ3n) is 0.367. The molecule has 0 heterocycles. The van der Waals surface area contributed by atoms with Crippen LogP contribution in [0.3, 0.4) is 0 Å². The molecule has 0 saturated carbocycles. The number of allylic oxidation sites excluding steroid dienone is 1. The van der Waals surface area contributed by atoms with E-state index in [2.05, 4.69) is 30.6 Å². The predicted molar refractivity (Wildman–Crippen MR) is 40.6 cm³/mol. The maximum Gasteiger partial charge on any atom is 0.117 e. The number of rotatable bonds is 2. The Bertz CT molecular complexity index is 106. The first-order valence-corrected chi connectivity index (χ1v) is 5.81. The molecule has 0 radical (unpaired) electrons. The third-order valence-corrected chi connectivity index (χ3v) is 2.04. The van der Waals surface area contributed by atoms with Crippen molar-refractivity contribution in [3.63, 3.8) is 0 Å².